The number of ether oxygens (including phenoxy) is 2. The Morgan fingerprint density at radius 3 is 2.45 bits per heavy atom. The van der Waals surface area contributed by atoms with Crippen LogP contribution in [0.5, 0.6) is 11.6 Å². The molecule has 9 heteroatoms. The predicted octanol–water partition coefficient (Wildman–Crippen LogP) is 5.58. The molecule has 0 aliphatic carbocycles. The molecule has 6 nitrogen and oxygen atoms in total. The molecule has 0 radical (unpaired) electrons. The first-order valence-corrected chi connectivity index (χ1v) is 9.98. The number of nitrogens with zero attached hydrogens (tertiary/aromatic N) is 2. The standard InChI is InChI=1S/C24H16F3N3O3/c25-24(26,27)32-19-9-6-16(7-10-19)17-8-11-21-20(14-17)23(29-33-21)31-15-22-28-12-13-30(22)18-4-2-1-3-5-18/h1-14H,15H2/p+1. The van der Waals surface area contributed by atoms with Crippen molar-refractivity contribution >= 4 is 11.0 Å². The summed E-state index contributed by atoms with van der Waals surface area (Å²) in [5.74, 6) is 0.853. The third-order valence-corrected chi connectivity index (χ3v) is 5.00. The first-order valence-electron chi connectivity index (χ1n) is 9.98. The van der Waals surface area contributed by atoms with E-state index in [2.05, 4.69) is 14.9 Å². The van der Waals surface area contributed by atoms with Crippen molar-refractivity contribution in [1.29, 1.82) is 0 Å². The second kappa shape index (κ2) is 8.34. The molecule has 2 heterocycles. The van der Waals surface area contributed by atoms with Gasteiger partial charge in [0.25, 0.3) is 11.7 Å². The summed E-state index contributed by atoms with van der Waals surface area (Å²) in [5, 5.41) is 4.67. The van der Waals surface area contributed by atoms with E-state index >= 15 is 0 Å². The lowest BCUT2D eigenvalue weighted by Gasteiger charge is -2.09. The van der Waals surface area contributed by atoms with Crippen LogP contribution in [0.15, 0.2) is 89.7 Å². The van der Waals surface area contributed by atoms with Gasteiger partial charge in [0.15, 0.2) is 12.2 Å². The van der Waals surface area contributed by atoms with Crippen molar-refractivity contribution in [3.8, 4) is 28.4 Å². The molecule has 166 valence electrons. The molecule has 1 N–H and O–H groups in total. The Balaban J connectivity index is 1.37. The molecule has 0 amide bonds. The fourth-order valence-electron chi connectivity index (χ4n) is 3.50. The maximum Gasteiger partial charge on any atom is 0.573 e. The largest absolute Gasteiger partial charge is 0.573 e. The van der Waals surface area contributed by atoms with Gasteiger partial charge in [-0.05, 0) is 52.7 Å². The van der Waals surface area contributed by atoms with Crippen molar-refractivity contribution in [3.63, 3.8) is 0 Å². The van der Waals surface area contributed by atoms with Crippen LogP contribution < -0.4 is 14.0 Å². The van der Waals surface area contributed by atoms with Gasteiger partial charge in [-0.25, -0.2) is 4.98 Å². The van der Waals surface area contributed by atoms with Crippen LogP contribution in [0, 0.1) is 0 Å². The van der Waals surface area contributed by atoms with Crippen LogP contribution >= 0.6 is 0 Å². The minimum absolute atomic E-state index is 0.219. The monoisotopic (exact) mass is 452 g/mol. The van der Waals surface area contributed by atoms with Gasteiger partial charge in [-0.1, -0.05) is 36.4 Å². The average molecular weight is 452 g/mol. The molecule has 5 aromatic rings. The van der Waals surface area contributed by atoms with E-state index in [-0.39, 0.29) is 12.4 Å². The molecule has 2 aromatic heterocycles. The van der Waals surface area contributed by atoms with Crippen LogP contribution in [0.1, 0.15) is 5.82 Å². The number of rotatable bonds is 6. The van der Waals surface area contributed by atoms with Gasteiger partial charge in [-0.3, -0.25) is 0 Å². The smallest absolute Gasteiger partial charge is 0.462 e. The van der Waals surface area contributed by atoms with E-state index in [1.807, 2.05) is 53.4 Å². The van der Waals surface area contributed by atoms with Crippen LogP contribution in [0.2, 0.25) is 0 Å². The zero-order valence-electron chi connectivity index (χ0n) is 17.0. The molecule has 0 bridgehead atoms. The first kappa shape index (κ1) is 20.6. The predicted molar refractivity (Wildman–Crippen MR) is 113 cm³/mol. The zero-order valence-corrected chi connectivity index (χ0v) is 17.0. The van der Waals surface area contributed by atoms with E-state index in [0.29, 0.717) is 22.4 Å². The summed E-state index contributed by atoms with van der Waals surface area (Å²) in [6.45, 7) is 0.219. The van der Waals surface area contributed by atoms with Crippen LogP contribution in [0.25, 0.3) is 27.8 Å². The molecule has 0 aliphatic rings. The molecule has 0 saturated carbocycles. The Morgan fingerprint density at radius 1 is 0.939 bits per heavy atom. The summed E-state index contributed by atoms with van der Waals surface area (Å²) in [5.41, 5.74) is 3.01. The highest BCUT2D eigenvalue weighted by molar-refractivity contribution is 5.87. The molecule has 5 rings (SSSR count). The number of alkyl halides is 3. The number of aromatic nitrogens is 3. The summed E-state index contributed by atoms with van der Waals surface area (Å²) >= 11 is 0. The first-order chi connectivity index (χ1) is 16.0. The van der Waals surface area contributed by atoms with Gasteiger partial charge in [-0.2, -0.15) is 4.57 Å². The second-order valence-corrected chi connectivity index (χ2v) is 7.17. The summed E-state index contributed by atoms with van der Waals surface area (Å²) in [7, 11) is 0. The van der Waals surface area contributed by atoms with E-state index in [1.165, 1.54) is 12.1 Å². The Kier molecular flexibility index (Phi) is 5.21. The average Bonchev–Trinajstić information content (AvgIpc) is 3.44. The number of hydrogen-bond acceptors (Lipinski definition) is 4. The number of para-hydroxylation sites is 1. The van der Waals surface area contributed by atoms with Gasteiger partial charge in [0.1, 0.15) is 23.8 Å². The third kappa shape index (κ3) is 4.52. The van der Waals surface area contributed by atoms with Crippen molar-refractivity contribution in [2.45, 2.75) is 13.0 Å². The van der Waals surface area contributed by atoms with E-state index < -0.39 is 6.36 Å². The third-order valence-electron chi connectivity index (χ3n) is 5.00. The van der Waals surface area contributed by atoms with Crippen molar-refractivity contribution in [3.05, 3.63) is 91.0 Å². The normalized spacial score (nSPS) is 11.6. The van der Waals surface area contributed by atoms with Crippen molar-refractivity contribution in [2.24, 2.45) is 0 Å². The van der Waals surface area contributed by atoms with Gasteiger partial charge in [0, 0.05) is 0 Å². The highest BCUT2D eigenvalue weighted by Crippen LogP contribution is 2.32. The molecule has 0 spiro atoms. The second-order valence-electron chi connectivity index (χ2n) is 7.17. The van der Waals surface area contributed by atoms with E-state index in [4.69, 9.17) is 9.26 Å². The molecule has 3 aromatic carbocycles. The van der Waals surface area contributed by atoms with Crippen LogP contribution in [0.3, 0.4) is 0 Å². The minimum Gasteiger partial charge on any atom is -0.462 e. The SMILES string of the molecule is FC(F)(F)Oc1ccc(-c2ccc3onc(OCc4[nH]cc[n+]4-c4ccccc4)c3c2)cc1. The molecular weight excluding hydrogens is 435 g/mol. The molecule has 0 saturated heterocycles. The quantitative estimate of drug-likeness (QED) is 0.342. The van der Waals surface area contributed by atoms with Gasteiger partial charge in [0.2, 0.25) is 0 Å². The van der Waals surface area contributed by atoms with Crippen molar-refractivity contribution in [2.75, 3.05) is 0 Å². The summed E-state index contributed by atoms with van der Waals surface area (Å²) < 4.78 is 54.4. The van der Waals surface area contributed by atoms with Gasteiger partial charge in [0.05, 0.1) is 5.39 Å². The number of halogens is 3. The van der Waals surface area contributed by atoms with E-state index in [9.17, 15) is 13.2 Å². The highest BCUT2D eigenvalue weighted by atomic mass is 19.4. The van der Waals surface area contributed by atoms with Gasteiger partial charge >= 0.3 is 6.36 Å². The molecule has 0 fully saturated rings. The number of hydrogen-bond donors (Lipinski definition) is 1. The van der Waals surface area contributed by atoms with Gasteiger partial charge < -0.3 is 14.0 Å². The number of benzene rings is 3. The van der Waals surface area contributed by atoms with Crippen LogP contribution in [-0.2, 0) is 6.61 Å². The molecule has 33 heavy (non-hydrogen) atoms. The van der Waals surface area contributed by atoms with E-state index in [0.717, 1.165) is 17.1 Å². The summed E-state index contributed by atoms with van der Waals surface area (Å²) in [6, 6.07) is 20.8. The summed E-state index contributed by atoms with van der Waals surface area (Å²) in [6.07, 6.45) is -1.01. The number of aromatic amines is 1. The highest BCUT2D eigenvalue weighted by Gasteiger charge is 2.31. The Labute approximate surface area is 185 Å². The maximum absolute atomic E-state index is 12.4. The number of imidazole rings is 1. The van der Waals surface area contributed by atoms with Gasteiger partial charge in [-0.15, -0.1) is 13.2 Å². The van der Waals surface area contributed by atoms with Crippen LogP contribution in [0.4, 0.5) is 13.2 Å². The number of fused-ring (bicyclic) bond motifs is 1. The van der Waals surface area contributed by atoms with E-state index in [1.54, 1.807) is 24.3 Å². The fraction of sp³-hybridized carbons (Fsp3) is 0.0833. The number of nitrogens with one attached hydrogen (secondary N) is 1. The van der Waals surface area contributed by atoms with Crippen LogP contribution in [-0.4, -0.2) is 16.5 Å². The molecule has 0 atom stereocenters. The van der Waals surface area contributed by atoms with Crippen molar-refractivity contribution in [1.82, 2.24) is 10.1 Å². The Hall–Kier alpha value is -4.27. The molecular formula is C24H17F3N3O3+. The number of H-pyrrole nitrogens is 1. The lowest BCUT2D eigenvalue weighted by atomic mass is 10.0. The van der Waals surface area contributed by atoms with Crippen molar-refractivity contribution < 1.29 is 31.7 Å². The minimum atomic E-state index is -4.73. The topological polar surface area (TPSA) is 64.2 Å². The molecule has 0 unspecified atom stereocenters. The fourth-order valence-corrected chi connectivity index (χ4v) is 3.50. The zero-order chi connectivity index (χ0) is 22.8. The lowest BCUT2D eigenvalue weighted by molar-refractivity contribution is -0.605. The summed E-state index contributed by atoms with van der Waals surface area (Å²) in [4.78, 5) is 3.16. The lowest BCUT2D eigenvalue weighted by Crippen LogP contribution is -2.33. The Bertz CT molecular complexity index is 1380. The Morgan fingerprint density at radius 2 is 1.70 bits per heavy atom. The molecule has 0 aliphatic heterocycles. The maximum atomic E-state index is 12.4.